The van der Waals surface area contributed by atoms with Crippen molar-refractivity contribution in [1.82, 2.24) is 0 Å². The molecule has 0 saturated heterocycles. The molecule has 15 heavy (non-hydrogen) atoms. The quantitative estimate of drug-likeness (QED) is 0.811. The third kappa shape index (κ3) is 2.90. The second kappa shape index (κ2) is 4.08. The van der Waals surface area contributed by atoms with Crippen LogP contribution in [0.25, 0.3) is 0 Å². The number of nitrogens with one attached hydrogen (secondary N) is 1. The Hall–Kier alpha value is -0.650. The highest BCUT2D eigenvalue weighted by Crippen LogP contribution is 2.38. The van der Waals surface area contributed by atoms with Crippen molar-refractivity contribution < 1.29 is 13.5 Å². The van der Waals surface area contributed by atoms with E-state index in [2.05, 4.69) is 4.72 Å². The van der Waals surface area contributed by atoms with Crippen molar-refractivity contribution in [2.45, 2.75) is 6.92 Å². The molecule has 7 heteroatoms. The Morgan fingerprint density at radius 3 is 2.40 bits per heavy atom. The smallest absolute Gasteiger partial charge is 0.229 e. The summed E-state index contributed by atoms with van der Waals surface area (Å²) in [7, 11) is -3.47. The van der Waals surface area contributed by atoms with Gasteiger partial charge in [0.15, 0.2) is 5.75 Å². The third-order valence-corrected chi connectivity index (χ3v) is 3.16. The number of sulfonamides is 1. The summed E-state index contributed by atoms with van der Waals surface area (Å²) in [4.78, 5) is 0. The predicted octanol–water partition coefficient (Wildman–Crippen LogP) is 2.38. The molecule has 0 aromatic heterocycles. The summed E-state index contributed by atoms with van der Waals surface area (Å²) in [5.74, 6) is -0.330. The number of phenolic OH excluding ortho intramolecular Hbond substituents is 1. The van der Waals surface area contributed by atoms with Crippen LogP contribution in [0.4, 0.5) is 5.69 Å². The van der Waals surface area contributed by atoms with Crippen LogP contribution in [-0.2, 0) is 10.0 Å². The van der Waals surface area contributed by atoms with Gasteiger partial charge in [0.1, 0.15) is 0 Å². The van der Waals surface area contributed by atoms with Gasteiger partial charge in [-0.1, -0.05) is 23.2 Å². The van der Waals surface area contributed by atoms with Gasteiger partial charge in [0.05, 0.1) is 17.0 Å². The van der Waals surface area contributed by atoms with Crippen LogP contribution in [0.3, 0.4) is 0 Å². The van der Waals surface area contributed by atoms with Crippen molar-refractivity contribution >= 4 is 38.9 Å². The highest BCUT2D eigenvalue weighted by Gasteiger charge is 2.14. The van der Waals surface area contributed by atoms with Crippen molar-refractivity contribution in [2.24, 2.45) is 0 Å². The second-order valence-electron chi connectivity index (χ2n) is 3.07. The van der Waals surface area contributed by atoms with E-state index in [4.69, 9.17) is 23.2 Å². The van der Waals surface area contributed by atoms with Gasteiger partial charge in [0.2, 0.25) is 10.0 Å². The fourth-order valence-electron chi connectivity index (χ4n) is 0.982. The molecule has 0 amide bonds. The maximum atomic E-state index is 11.0. The maximum absolute atomic E-state index is 11.0. The number of phenols is 1. The number of anilines is 1. The van der Waals surface area contributed by atoms with Gasteiger partial charge in [-0.15, -0.1) is 0 Å². The molecule has 0 heterocycles. The number of hydrogen-bond acceptors (Lipinski definition) is 3. The van der Waals surface area contributed by atoms with Gasteiger partial charge in [-0.25, -0.2) is 8.42 Å². The molecule has 0 fully saturated rings. The van der Waals surface area contributed by atoms with Gasteiger partial charge >= 0.3 is 0 Å². The zero-order valence-electron chi connectivity index (χ0n) is 8.01. The van der Waals surface area contributed by atoms with E-state index in [0.717, 1.165) is 6.26 Å². The molecule has 0 spiro atoms. The summed E-state index contributed by atoms with van der Waals surface area (Å²) in [6.07, 6.45) is 0.966. The van der Waals surface area contributed by atoms with E-state index < -0.39 is 10.0 Å². The highest BCUT2D eigenvalue weighted by atomic mass is 35.5. The van der Waals surface area contributed by atoms with Gasteiger partial charge in [0, 0.05) is 5.02 Å². The van der Waals surface area contributed by atoms with Crippen LogP contribution in [0.2, 0.25) is 10.0 Å². The third-order valence-electron chi connectivity index (χ3n) is 1.72. The average molecular weight is 270 g/mol. The molecule has 0 bridgehead atoms. The molecular formula is C8H9Cl2NO3S. The molecule has 0 atom stereocenters. The van der Waals surface area contributed by atoms with E-state index in [1.807, 2.05) is 0 Å². The molecule has 4 nitrogen and oxygen atoms in total. The van der Waals surface area contributed by atoms with Crippen LogP contribution in [0.5, 0.6) is 5.75 Å². The fourth-order valence-corrected chi connectivity index (χ4v) is 1.99. The predicted molar refractivity (Wildman–Crippen MR) is 61.3 cm³/mol. The Morgan fingerprint density at radius 2 is 1.93 bits per heavy atom. The largest absolute Gasteiger partial charge is 0.504 e. The summed E-state index contributed by atoms with van der Waals surface area (Å²) >= 11 is 11.5. The molecule has 1 rings (SSSR count). The number of benzene rings is 1. The molecular weight excluding hydrogens is 261 g/mol. The Labute approximate surface area is 97.9 Å². The fraction of sp³-hybridized carbons (Fsp3) is 0.250. The number of halogens is 2. The molecule has 0 saturated carbocycles. The number of aromatic hydroxyl groups is 1. The number of rotatable bonds is 2. The Kier molecular flexibility index (Phi) is 3.38. The number of hydrogen-bond donors (Lipinski definition) is 2. The van der Waals surface area contributed by atoms with E-state index in [-0.39, 0.29) is 21.5 Å². The first-order chi connectivity index (χ1) is 6.72. The lowest BCUT2D eigenvalue weighted by molar-refractivity contribution is 0.477. The van der Waals surface area contributed by atoms with Crippen LogP contribution >= 0.6 is 23.2 Å². The minimum Gasteiger partial charge on any atom is -0.504 e. The minimum atomic E-state index is -3.47. The van der Waals surface area contributed by atoms with E-state index in [9.17, 15) is 13.5 Å². The zero-order chi connectivity index (χ0) is 11.8. The van der Waals surface area contributed by atoms with Gasteiger partial charge in [-0.2, -0.15) is 0 Å². The Morgan fingerprint density at radius 1 is 1.40 bits per heavy atom. The summed E-state index contributed by atoms with van der Waals surface area (Å²) < 4.78 is 24.0. The topological polar surface area (TPSA) is 66.4 Å². The first-order valence-electron chi connectivity index (χ1n) is 3.87. The van der Waals surface area contributed by atoms with Crippen LogP contribution in [-0.4, -0.2) is 19.8 Å². The van der Waals surface area contributed by atoms with Crippen molar-refractivity contribution in [1.29, 1.82) is 0 Å². The minimum absolute atomic E-state index is 0.0295. The normalized spacial score (nSPS) is 11.5. The molecule has 84 valence electrons. The first-order valence-corrected chi connectivity index (χ1v) is 6.52. The van der Waals surface area contributed by atoms with E-state index in [1.165, 1.54) is 6.07 Å². The summed E-state index contributed by atoms with van der Waals surface area (Å²) in [6.45, 7) is 1.62. The lowest BCUT2D eigenvalue weighted by atomic mass is 10.2. The summed E-state index contributed by atoms with van der Waals surface area (Å²) in [6, 6.07) is 1.30. The molecule has 2 N–H and O–H groups in total. The molecule has 0 aliphatic rings. The van der Waals surface area contributed by atoms with Gasteiger partial charge in [0.25, 0.3) is 0 Å². The van der Waals surface area contributed by atoms with Crippen molar-refractivity contribution in [3.05, 3.63) is 21.7 Å². The molecule has 0 aliphatic carbocycles. The Bertz CT molecular complexity index is 499. The van der Waals surface area contributed by atoms with E-state index in [1.54, 1.807) is 6.92 Å². The lowest BCUT2D eigenvalue weighted by Crippen LogP contribution is -2.09. The Balaban J connectivity index is 3.33. The van der Waals surface area contributed by atoms with Crippen LogP contribution in [0, 0.1) is 6.92 Å². The molecule has 0 aliphatic heterocycles. The summed E-state index contributed by atoms with van der Waals surface area (Å²) in [5, 5.41) is 9.87. The highest BCUT2D eigenvalue weighted by molar-refractivity contribution is 7.92. The van der Waals surface area contributed by atoms with Crippen LogP contribution in [0.15, 0.2) is 6.07 Å². The second-order valence-corrected chi connectivity index (χ2v) is 5.60. The van der Waals surface area contributed by atoms with Crippen molar-refractivity contribution in [3.63, 3.8) is 0 Å². The average Bonchev–Trinajstić information content (AvgIpc) is 2.08. The SMILES string of the molecule is Cc1c(Cl)cc(NS(C)(=O)=O)c(O)c1Cl. The van der Waals surface area contributed by atoms with Gasteiger partial charge in [-0.05, 0) is 18.6 Å². The standard InChI is InChI=1S/C8H9Cl2NO3S/c1-4-5(9)3-6(8(12)7(4)10)11-15(2,13)14/h3,11-12H,1-2H3. The lowest BCUT2D eigenvalue weighted by Gasteiger charge is -2.10. The molecule has 0 radical (unpaired) electrons. The molecule has 1 aromatic rings. The van der Waals surface area contributed by atoms with E-state index in [0.29, 0.717) is 5.56 Å². The van der Waals surface area contributed by atoms with Crippen LogP contribution in [0.1, 0.15) is 5.56 Å². The summed E-state index contributed by atoms with van der Waals surface area (Å²) in [5.41, 5.74) is 0.466. The van der Waals surface area contributed by atoms with Gasteiger partial charge in [-0.3, -0.25) is 4.72 Å². The van der Waals surface area contributed by atoms with E-state index >= 15 is 0 Å². The van der Waals surface area contributed by atoms with Gasteiger partial charge < -0.3 is 5.11 Å². The van der Waals surface area contributed by atoms with Crippen LogP contribution < -0.4 is 4.72 Å². The first kappa shape index (κ1) is 12.4. The zero-order valence-corrected chi connectivity index (χ0v) is 10.3. The van der Waals surface area contributed by atoms with Crippen molar-refractivity contribution in [2.75, 3.05) is 11.0 Å². The molecule has 0 unspecified atom stereocenters. The molecule has 1 aromatic carbocycles. The van der Waals surface area contributed by atoms with Crippen molar-refractivity contribution in [3.8, 4) is 5.75 Å². The maximum Gasteiger partial charge on any atom is 0.229 e. The monoisotopic (exact) mass is 269 g/mol.